The first-order chi connectivity index (χ1) is 16.9. The normalized spacial score (nSPS) is 10.6. The number of anilines is 2. The van der Waals surface area contributed by atoms with Crippen molar-refractivity contribution in [3.63, 3.8) is 0 Å². The van der Waals surface area contributed by atoms with E-state index in [0.717, 1.165) is 22.3 Å². The summed E-state index contributed by atoms with van der Waals surface area (Å²) in [4.78, 5) is 28.0. The number of halogens is 1. The monoisotopic (exact) mass is 466 g/mol. The maximum Gasteiger partial charge on any atom is 0.258 e. The number of benzene rings is 4. The summed E-state index contributed by atoms with van der Waals surface area (Å²) in [6.07, 6.45) is 0.127. The fourth-order valence-electron chi connectivity index (χ4n) is 3.87. The van der Waals surface area contributed by atoms with Gasteiger partial charge in [0.15, 0.2) is 0 Å². The second kappa shape index (κ2) is 10.8. The molecular weight excluding hydrogens is 439 g/mol. The van der Waals surface area contributed by atoms with Crippen molar-refractivity contribution >= 4 is 23.2 Å². The molecule has 0 atom stereocenters. The number of nitrogens with zero attached hydrogens (tertiary/aromatic N) is 1. The zero-order valence-corrected chi connectivity index (χ0v) is 19.8. The maximum absolute atomic E-state index is 13.7. The third-order valence-corrected chi connectivity index (χ3v) is 5.80. The number of aryl methyl sites for hydroxylation is 2. The highest BCUT2D eigenvalue weighted by Crippen LogP contribution is 2.24. The van der Waals surface area contributed by atoms with Crippen LogP contribution in [-0.2, 0) is 17.8 Å². The van der Waals surface area contributed by atoms with E-state index in [2.05, 4.69) is 5.32 Å². The van der Waals surface area contributed by atoms with Crippen LogP contribution in [-0.4, -0.2) is 11.8 Å². The molecular formula is C30H27FN2O2. The van der Waals surface area contributed by atoms with E-state index >= 15 is 0 Å². The minimum atomic E-state index is -0.359. The lowest BCUT2D eigenvalue weighted by atomic mass is 10.0. The lowest BCUT2D eigenvalue weighted by Gasteiger charge is -2.24. The summed E-state index contributed by atoms with van der Waals surface area (Å²) in [5, 5.41) is 2.78. The van der Waals surface area contributed by atoms with Crippen LogP contribution in [0.2, 0.25) is 0 Å². The van der Waals surface area contributed by atoms with E-state index in [-0.39, 0.29) is 24.1 Å². The van der Waals surface area contributed by atoms with E-state index in [9.17, 15) is 14.0 Å². The summed E-state index contributed by atoms with van der Waals surface area (Å²) in [7, 11) is 0. The Labute approximate surface area is 205 Å². The highest BCUT2D eigenvalue weighted by molar-refractivity contribution is 6.07. The fraction of sp³-hybridized carbons (Fsp3) is 0.133. The maximum atomic E-state index is 13.7. The molecule has 0 radical (unpaired) electrons. The van der Waals surface area contributed by atoms with Crippen molar-refractivity contribution in [3.05, 3.63) is 131 Å². The third kappa shape index (κ3) is 6.21. The summed E-state index contributed by atoms with van der Waals surface area (Å²) < 4.78 is 13.1. The minimum absolute atomic E-state index is 0.100. The fourth-order valence-corrected chi connectivity index (χ4v) is 3.87. The molecule has 0 spiro atoms. The Kier molecular flexibility index (Phi) is 7.36. The molecule has 4 rings (SSSR count). The van der Waals surface area contributed by atoms with Gasteiger partial charge in [0.25, 0.3) is 5.91 Å². The second-order valence-corrected chi connectivity index (χ2v) is 8.59. The predicted octanol–water partition coefficient (Wildman–Crippen LogP) is 6.47. The van der Waals surface area contributed by atoms with Crippen molar-refractivity contribution in [2.45, 2.75) is 26.8 Å². The summed E-state index contributed by atoms with van der Waals surface area (Å²) in [5.41, 5.74) is 5.72. The minimum Gasteiger partial charge on any atom is -0.326 e. The lowest BCUT2D eigenvalue weighted by molar-refractivity contribution is -0.115. The lowest BCUT2D eigenvalue weighted by Crippen LogP contribution is -2.31. The number of carbonyl (C=O) groups is 2. The Morgan fingerprint density at radius 1 is 0.800 bits per heavy atom. The molecule has 0 saturated heterocycles. The standard InChI is InChI=1S/C30H27FN2O2/c1-21-10-12-23(13-11-21)20-33(30(35)28-9-4-3-6-22(28)2)27-8-5-7-24(18-27)19-29(34)32-26-16-14-25(31)15-17-26/h3-18H,19-20H2,1-2H3,(H,32,34). The number of hydrogen-bond donors (Lipinski definition) is 1. The van der Waals surface area contributed by atoms with Crippen LogP contribution in [0.4, 0.5) is 15.8 Å². The van der Waals surface area contributed by atoms with E-state index in [1.165, 1.54) is 24.3 Å². The molecule has 4 aromatic rings. The Balaban J connectivity index is 1.60. The van der Waals surface area contributed by atoms with Gasteiger partial charge in [0, 0.05) is 16.9 Å². The summed E-state index contributed by atoms with van der Waals surface area (Å²) in [6, 6.07) is 28.7. The molecule has 35 heavy (non-hydrogen) atoms. The van der Waals surface area contributed by atoms with E-state index in [1.807, 2.05) is 86.6 Å². The number of nitrogens with one attached hydrogen (secondary N) is 1. The summed E-state index contributed by atoms with van der Waals surface area (Å²) >= 11 is 0. The van der Waals surface area contributed by atoms with Crippen LogP contribution < -0.4 is 10.2 Å². The number of carbonyl (C=O) groups excluding carboxylic acids is 2. The molecule has 4 nitrogen and oxygen atoms in total. The second-order valence-electron chi connectivity index (χ2n) is 8.59. The molecule has 0 saturated carbocycles. The molecule has 0 heterocycles. The molecule has 2 amide bonds. The molecule has 0 aromatic heterocycles. The van der Waals surface area contributed by atoms with Gasteiger partial charge in [0.05, 0.1) is 13.0 Å². The molecule has 0 bridgehead atoms. The molecule has 0 unspecified atom stereocenters. The zero-order valence-electron chi connectivity index (χ0n) is 19.8. The van der Waals surface area contributed by atoms with E-state index in [4.69, 9.17) is 0 Å². The van der Waals surface area contributed by atoms with Gasteiger partial charge >= 0.3 is 0 Å². The average molecular weight is 467 g/mol. The van der Waals surface area contributed by atoms with Crippen molar-refractivity contribution in [1.82, 2.24) is 0 Å². The largest absolute Gasteiger partial charge is 0.326 e. The Morgan fingerprint density at radius 3 is 2.23 bits per heavy atom. The highest BCUT2D eigenvalue weighted by Gasteiger charge is 2.20. The van der Waals surface area contributed by atoms with Gasteiger partial charge in [-0.25, -0.2) is 4.39 Å². The van der Waals surface area contributed by atoms with Crippen LogP contribution in [0.25, 0.3) is 0 Å². The first-order valence-electron chi connectivity index (χ1n) is 11.5. The number of amides is 2. The van der Waals surface area contributed by atoms with Gasteiger partial charge in [-0.15, -0.1) is 0 Å². The molecule has 1 N–H and O–H groups in total. The van der Waals surface area contributed by atoms with Gasteiger partial charge < -0.3 is 10.2 Å². The van der Waals surface area contributed by atoms with Crippen LogP contribution in [0, 0.1) is 19.7 Å². The SMILES string of the molecule is Cc1ccc(CN(C(=O)c2ccccc2C)c2cccc(CC(=O)Nc3ccc(F)cc3)c2)cc1. The van der Waals surface area contributed by atoms with Gasteiger partial charge in [0.1, 0.15) is 5.82 Å². The first kappa shape index (κ1) is 23.9. The first-order valence-corrected chi connectivity index (χ1v) is 11.5. The van der Waals surface area contributed by atoms with E-state index < -0.39 is 0 Å². The van der Waals surface area contributed by atoms with Gasteiger partial charge in [0.2, 0.25) is 5.91 Å². The van der Waals surface area contributed by atoms with Crippen molar-refractivity contribution in [2.24, 2.45) is 0 Å². The van der Waals surface area contributed by atoms with Crippen LogP contribution in [0.3, 0.4) is 0 Å². The predicted molar refractivity (Wildman–Crippen MR) is 138 cm³/mol. The van der Waals surface area contributed by atoms with Crippen LogP contribution >= 0.6 is 0 Å². The zero-order chi connectivity index (χ0) is 24.8. The highest BCUT2D eigenvalue weighted by atomic mass is 19.1. The molecule has 0 aliphatic rings. The third-order valence-electron chi connectivity index (χ3n) is 5.80. The van der Waals surface area contributed by atoms with Crippen LogP contribution in [0.5, 0.6) is 0 Å². The number of rotatable bonds is 7. The van der Waals surface area contributed by atoms with Gasteiger partial charge in [-0.3, -0.25) is 9.59 Å². The Hall–Kier alpha value is -4.25. The van der Waals surface area contributed by atoms with Gasteiger partial charge in [-0.1, -0.05) is 60.2 Å². The molecule has 0 aliphatic carbocycles. The molecule has 176 valence electrons. The smallest absolute Gasteiger partial charge is 0.258 e. The van der Waals surface area contributed by atoms with E-state index in [0.29, 0.717) is 23.5 Å². The number of hydrogen-bond acceptors (Lipinski definition) is 2. The Bertz CT molecular complexity index is 1330. The topological polar surface area (TPSA) is 49.4 Å². The van der Waals surface area contributed by atoms with E-state index in [1.54, 1.807) is 4.90 Å². The molecule has 4 aromatic carbocycles. The van der Waals surface area contributed by atoms with Crippen LogP contribution in [0.15, 0.2) is 97.1 Å². The summed E-state index contributed by atoms with van der Waals surface area (Å²) in [6.45, 7) is 4.35. The van der Waals surface area contributed by atoms with Gasteiger partial charge in [-0.2, -0.15) is 0 Å². The van der Waals surface area contributed by atoms with Crippen molar-refractivity contribution in [3.8, 4) is 0 Å². The molecule has 0 aliphatic heterocycles. The average Bonchev–Trinajstić information content (AvgIpc) is 2.85. The van der Waals surface area contributed by atoms with Crippen molar-refractivity contribution in [1.29, 1.82) is 0 Å². The van der Waals surface area contributed by atoms with Crippen molar-refractivity contribution < 1.29 is 14.0 Å². The van der Waals surface area contributed by atoms with Crippen LogP contribution in [0.1, 0.15) is 32.6 Å². The van der Waals surface area contributed by atoms with Crippen molar-refractivity contribution in [2.75, 3.05) is 10.2 Å². The van der Waals surface area contributed by atoms with Gasteiger partial charge in [-0.05, 0) is 73.0 Å². The summed E-state index contributed by atoms with van der Waals surface area (Å²) in [5.74, 6) is -0.677. The Morgan fingerprint density at radius 2 is 1.51 bits per heavy atom. The molecule has 0 fully saturated rings. The molecule has 5 heteroatoms. The quantitative estimate of drug-likeness (QED) is 0.339.